The molecule has 8 nitrogen and oxygen atoms in total. The SMILES string of the molecule is Cn1nc(C2CC2)cc1NC(=O)NCCC(=O)Nc1nccs1. The number of anilines is 2. The number of aromatic nitrogens is 3. The van der Waals surface area contributed by atoms with Crippen molar-refractivity contribution in [2.24, 2.45) is 7.05 Å². The van der Waals surface area contributed by atoms with Gasteiger partial charge >= 0.3 is 6.03 Å². The highest BCUT2D eigenvalue weighted by Gasteiger charge is 2.27. The third kappa shape index (κ3) is 4.28. The maximum atomic E-state index is 11.9. The Hall–Kier alpha value is -2.42. The Kier molecular flexibility index (Phi) is 4.56. The normalized spacial score (nSPS) is 13.6. The quantitative estimate of drug-likeness (QED) is 0.751. The Balaban J connectivity index is 1.40. The summed E-state index contributed by atoms with van der Waals surface area (Å²) in [5.74, 6) is 1.00. The van der Waals surface area contributed by atoms with Gasteiger partial charge in [0.15, 0.2) is 5.13 Å². The molecule has 1 aliphatic rings. The lowest BCUT2D eigenvalue weighted by Crippen LogP contribution is -2.32. The minimum atomic E-state index is -0.350. The summed E-state index contributed by atoms with van der Waals surface area (Å²) < 4.78 is 1.66. The molecule has 0 aromatic carbocycles. The molecule has 3 amide bonds. The number of carbonyl (C=O) groups is 2. The van der Waals surface area contributed by atoms with Gasteiger partial charge in [0.1, 0.15) is 5.82 Å². The fourth-order valence-corrected chi connectivity index (χ4v) is 2.65. The largest absolute Gasteiger partial charge is 0.337 e. The van der Waals surface area contributed by atoms with Crippen LogP contribution in [0.3, 0.4) is 0 Å². The maximum absolute atomic E-state index is 11.9. The molecule has 0 atom stereocenters. The van der Waals surface area contributed by atoms with Crippen LogP contribution < -0.4 is 16.0 Å². The zero-order chi connectivity index (χ0) is 16.2. The van der Waals surface area contributed by atoms with Crippen molar-refractivity contribution in [1.82, 2.24) is 20.1 Å². The van der Waals surface area contributed by atoms with Gasteiger partial charge in [-0.1, -0.05) is 0 Å². The van der Waals surface area contributed by atoms with Gasteiger partial charge < -0.3 is 10.6 Å². The fourth-order valence-electron chi connectivity index (χ4n) is 2.10. The number of urea groups is 1. The van der Waals surface area contributed by atoms with Gasteiger partial charge in [0.2, 0.25) is 5.91 Å². The van der Waals surface area contributed by atoms with Crippen LogP contribution in [0.1, 0.15) is 30.9 Å². The zero-order valence-corrected chi connectivity index (χ0v) is 13.5. The van der Waals surface area contributed by atoms with E-state index in [2.05, 4.69) is 26.0 Å². The van der Waals surface area contributed by atoms with Crippen molar-refractivity contribution in [2.75, 3.05) is 17.2 Å². The molecule has 3 rings (SSSR count). The average molecular weight is 334 g/mol. The van der Waals surface area contributed by atoms with Gasteiger partial charge in [0.05, 0.1) is 5.69 Å². The molecule has 0 radical (unpaired) electrons. The van der Waals surface area contributed by atoms with Crippen molar-refractivity contribution in [3.63, 3.8) is 0 Å². The number of carbonyl (C=O) groups excluding carboxylic acids is 2. The molecule has 0 aliphatic heterocycles. The Morgan fingerprint density at radius 3 is 2.91 bits per heavy atom. The van der Waals surface area contributed by atoms with Crippen LogP contribution in [0.4, 0.5) is 15.7 Å². The van der Waals surface area contributed by atoms with Crippen LogP contribution in [0, 0.1) is 0 Å². The summed E-state index contributed by atoms with van der Waals surface area (Å²) >= 11 is 1.35. The first-order valence-electron chi connectivity index (χ1n) is 7.40. The number of aryl methyl sites for hydroxylation is 1. The van der Waals surface area contributed by atoms with E-state index in [4.69, 9.17) is 0 Å². The predicted octanol–water partition coefficient (Wildman–Crippen LogP) is 1.90. The smallest absolute Gasteiger partial charge is 0.320 e. The molecule has 1 aliphatic carbocycles. The number of nitrogens with one attached hydrogen (secondary N) is 3. The van der Waals surface area contributed by atoms with Crippen molar-refractivity contribution in [1.29, 1.82) is 0 Å². The molecule has 2 aromatic heterocycles. The van der Waals surface area contributed by atoms with Crippen molar-refractivity contribution in [3.8, 4) is 0 Å². The van der Waals surface area contributed by atoms with E-state index < -0.39 is 0 Å². The second-order valence-corrected chi connectivity index (χ2v) is 6.26. The molecule has 2 aromatic rings. The van der Waals surface area contributed by atoms with Gasteiger partial charge in [-0.3, -0.25) is 14.8 Å². The van der Waals surface area contributed by atoms with Crippen molar-refractivity contribution >= 4 is 34.2 Å². The number of hydrogen-bond donors (Lipinski definition) is 3. The van der Waals surface area contributed by atoms with Crippen LogP contribution in [0.2, 0.25) is 0 Å². The Bertz CT molecular complexity index is 692. The molecule has 1 saturated carbocycles. The van der Waals surface area contributed by atoms with Gasteiger partial charge in [-0.2, -0.15) is 5.10 Å². The summed E-state index contributed by atoms with van der Waals surface area (Å²) in [6.07, 6.45) is 4.13. The predicted molar refractivity (Wildman–Crippen MR) is 87.6 cm³/mol. The highest BCUT2D eigenvalue weighted by Crippen LogP contribution is 2.39. The van der Waals surface area contributed by atoms with Crippen LogP contribution in [-0.4, -0.2) is 33.2 Å². The highest BCUT2D eigenvalue weighted by molar-refractivity contribution is 7.13. The third-order valence-electron chi connectivity index (χ3n) is 3.45. The van der Waals surface area contributed by atoms with Gasteiger partial charge in [0.25, 0.3) is 0 Å². The minimum absolute atomic E-state index is 0.184. The van der Waals surface area contributed by atoms with Crippen LogP contribution in [0.25, 0.3) is 0 Å². The summed E-state index contributed by atoms with van der Waals surface area (Å²) in [6, 6.07) is 1.55. The van der Waals surface area contributed by atoms with Crippen molar-refractivity contribution in [2.45, 2.75) is 25.2 Å². The third-order valence-corrected chi connectivity index (χ3v) is 4.14. The molecule has 1 fully saturated rings. The minimum Gasteiger partial charge on any atom is -0.337 e. The van der Waals surface area contributed by atoms with E-state index in [0.717, 1.165) is 18.5 Å². The van der Waals surface area contributed by atoms with Gasteiger partial charge in [-0.15, -0.1) is 11.3 Å². The van der Waals surface area contributed by atoms with Crippen LogP contribution in [0.5, 0.6) is 0 Å². The Labute approximate surface area is 137 Å². The molecule has 3 N–H and O–H groups in total. The Morgan fingerprint density at radius 1 is 1.39 bits per heavy atom. The second kappa shape index (κ2) is 6.78. The van der Waals surface area contributed by atoms with E-state index >= 15 is 0 Å². The summed E-state index contributed by atoms with van der Waals surface area (Å²) in [4.78, 5) is 27.5. The molecule has 0 bridgehead atoms. The molecule has 0 spiro atoms. The summed E-state index contributed by atoms with van der Waals surface area (Å²) in [7, 11) is 1.79. The molecule has 23 heavy (non-hydrogen) atoms. The van der Waals surface area contributed by atoms with E-state index in [1.807, 2.05) is 6.07 Å². The van der Waals surface area contributed by atoms with E-state index in [1.165, 1.54) is 11.3 Å². The van der Waals surface area contributed by atoms with E-state index in [1.54, 1.807) is 23.3 Å². The molecular weight excluding hydrogens is 316 g/mol. The van der Waals surface area contributed by atoms with Gasteiger partial charge in [-0.25, -0.2) is 9.78 Å². The standard InChI is InChI=1S/C14H18N6O2S/c1-20-11(8-10(19-20)9-2-3-9)17-13(22)15-5-4-12(21)18-14-16-6-7-23-14/h6-9H,2-5H2,1H3,(H2,15,17,22)(H,16,18,21). The first-order chi connectivity index (χ1) is 11.1. The molecule has 2 heterocycles. The van der Waals surface area contributed by atoms with Gasteiger partial charge in [-0.05, 0) is 12.8 Å². The highest BCUT2D eigenvalue weighted by atomic mass is 32.1. The molecule has 0 saturated heterocycles. The van der Waals surface area contributed by atoms with Crippen LogP contribution in [-0.2, 0) is 11.8 Å². The summed E-state index contributed by atoms with van der Waals surface area (Å²) in [6.45, 7) is 0.246. The number of thiazole rings is 1. The summed E-state index contributed by atoms with van der Waals surface area (Å²) in [5, 5.41) is 14.8. The molecule has 122 valence electrons. The van der Waals surface area contributed by atoms with Crippen molar-refractivity contribution < 1.29 is 9.59 Å². The number of rotatable bonds is 6. The van der Waals surface area contributed by atoms with Gasteiger partial charge in [0, 0.05) is 43.6 Å². The first-order valence-corrected chi connectivity index (χ1v) is 8.28. The first kappa shape index (κ1) is 15.5. The lowest BCUT2D eigenvalue weighted by molar-refractivity contribution is -0.116. The maximum Gasteiger partial charge on any atom is 0.320 e. The molecule has 0 unspecified atom stereocenters. The van der Waals surface area contributed by atoms with Crippen LogP contribution in [0.15, 0.2) is 17.6 Å². The number of amides is 3. The average Bonchev–Trinajstić information content (AvgIpc) is 3.12. The lowest BCUT2D eigenvalue weighted by Gasteiger charge is -2.07. The fraction of sp³-hybridized carbons (Fsp3) is 0.429. The number of hydrogen-bond acceptors (Lipinski definition) is 5. The van der Waals surface area contributed by atoms with E-state index in [0.29, 0.717) is 16.9 Å². The van der Waals surface area contributed by atoms with Crippen LogP contribution >= 0.6 is 11.3 Å². The second-order valence-electron chi connectivity index (χ2n) is 5.37. The zero-order valence-electron chi connectivity index (χ0n) is 12.7. The van der Waals surface area contributed by atoms with E-state index in [9.17, 15) is 9.59 Å². The topological polar surface area (TPSA) is 101 Å². The van der Waals surface area contributed by atoms with E-state index in [-0.39, 0.29) is 24.9 Å². The molecular formula is C14H18N6O2S. The Morgan fingerprint density at radius 2 is 2.22 bits per heavy atom. The molecule has 9 heteroatoms. The lowest BCUT2D eigenvalue weighted by atomic mass is 10.3. The number of nitrogens with zero attached hydrogens (tertiary/aromatic N) is 3. The summed E-state index contributed by atoms with van der Waals surface area (Å²) in [5.41, 5.74) is 1.02. The van der Waals surface area contributed by atoms with Crippen molar-refractivity contribution in [3.05, 3.63) is 23.3 Å². The monoisotopic (exact) mass is 334 g/mol.